The standard InChI is InChI=1S/2C8H7N.2ClH/c2*1-7-5-3-4-6-8(7)9-2;;/h2*3-6H,1H3;2*1H. The molecule has 0 aliphatic carbocycles. The van der Waals surface area contributed by atoms with Crippen molar-refractivity contribution in [2.24, 2.45) is 0 Å². The Morgan fingerprint density at radius 3 is 1.15 bits per heavy atom. The van der Waals surface area contributed by atoms with Crippen LogP contribution in [0.25, 0.3) is 9.69 Å². The number of para-hydroxylation sites is 2. The Bertz CT molecular complexity index is 555. The molecule has 2 rings (SSSR count). The fraction of sp³-hybridized carbons (Fsp3) is 0.125. The SMILES string of the molecule is Cl.Cl.[C-]#[N+]c1ccccc1C.[C-]#[N+]c1ccccc1C. The molecule has 2 nitrogen and oxygen atoms in total. The molecule has 2 aromatic rings. The molecule has 20 heavy (non-hydrogen) atoms. The quantitative estimate of drug-likeness (QED) is 0.533. The molecule has 4 heteroatoms. The van der Waals surface area contributed by atoms with Crippen LogP contribution in [0.2, 0.25) is 0 Å². The van der Waals surface area contributed by atoms with Crippen molar-refractivity contribution in [3.05, 3.63) is 82.5 Å². The van der Waals surface area contributed by atoms with Gasteiger partial charge in [0.1, 0.15) is 0 Å². The van der Waals surface area contributed by atoms with E-state index in [4.69, 9.17) is 13.1 Å². The van der Waals surface area contributed by atoms with Gasteiger partial charge in [0.05, 0.1) is 13.1 Å². The van der Waals surface area contributed by atoms with Crippen LogP contribution in [0.4, 0.5) is 11.4 Å². The van der Waals surface area contributed by atoms with E-state index in [1.807, 2.05) is 62.4 Å². The van der Waals surface area contributed by atoms with Crippen LogP contribution in [-0.4, -0.2) is 0 Å². The molecule has 0 aliphatic rings. The molecule has 0 saturated heterocycles. The Balaban J connectivity index is 0. The maximum absolute atomic E-state index is 6.71. The molecule has 0 aliphatic heterocycles. The summed E-state index contributed by atoms with van der Waals surface area (Å²) in [5.41, 5.74) is 3.59. The van der Waals surface area contributed by atoms with Crippen LogP contribution in [0.3, 0.4) is 0 Å². The highest BCUT2D eigenvalue weighted by Crippen LogP contribution is 2.16. The summed E-state index contributed by atoms with van der Waals surface area (Å²) >= 11 is 0. The third kappa shape index (κ3) is 6.25. The summed E-state index contributed by atoms with van der Waals surface area (Å²) in [7, 11) is 0. The molecule has 104 valence electrons. The lowest BCUT2D eigenvalue weighted by Crippen LogP contribution is -1.67. The summed E-state index contributed by atoms with van der Waals surface area (Å²) in [6, 6.07) is 15.1. The van der Waals surface area contributed by atoms with Crippen LogP contribution in [0.5, 0.6) is 0 Å². The zero-order valence-corrected chi connectivity index (χ0v) is 13.0. The van der Waals surface area contributed by atoms with Crippen LogP contribution in [0.15, 0.2) is 48.5 Å². The van der Waals surface area contributed by atoms with Gasteiger partial charge in [-0.05, 0) is 25.0 Å². The highest BCUT2D eigenvalue weighted by atomic mass is 35.5. The van der Waals surface area contributed by atoms with Crippen LogP contribution in [0, 0.1) is 27.0 Å². The molecule has 0 unspecified atom stereocenters. The molecule has 0 atom stereocenters. The minimum atomic E-state index is 0. The number of nitrogens with zero attached hydrogens (tertiary/aromatic N) is 2. The minimum absolute atomic E-state index is 0. The maximum atomic E-state index is 6.71. The van der Waals surface area contributed by atoms with Crippen LogP contribution >= 0.6 is 24.8 Å². The molecule has 0 aromatic heterocycles. The number of rotatable bonds is 0. The van der Waals surface area contributed by atoms with Gasteiger partial charge >= 0.3 is 0 Å². The third-order valence-electron chi connectivity index (χ3n) is 2.47. The average molecular weight is 307 g/mol. The van der Waals surface area contributed by atoms with Gasteiger partial charge in [-0.15, -0.1) is 24.8 Å². The van der Waals surface area contributed by atoms with E-state index in [2.05, 4.69) is 9.69 Å². The van der Waals surface area contributed by atoms with Crippen molar-refractivity contribution >= 4 is 36.2 Å². The fourth-order valence-electron chi connectivity index (χ4n) is 1.38. The second-order valence-corrected chi connectivity index (χ2v) is 3.80. The number of hydrogen-bond acceptors (Lipinski definition) is 0. The molecule has 0 spiro atoms. The van der Waals surface area contributed by atoms with E-state index >= 15 is 0 Å². The minimum Gasteiger partial charge on any atom is -0.238 e. The van der Waals surface area contributed by atoms with Gasteiger partial charge in [0, 0.05) is 0 Å². The second-order valence-electron chi connectivity index (χ2n) is 3.80. The van der Waals surface area contributed by atoms with Crippen molar-refractivity contribution in [1.29, 1.82) is 0 Å². The summed E-state index contributed by atoms with van der Waals surface area (Å²) < 4.78 is 0. The first-order valence-electron chi connectivity index (χ1n) is 5.55. The smallest absolute Gasteiger partial charge is 0.190 e. The Labute approximate surface area is 132 Å². The van der Waals surface area contributed by atoms with Crippen LogP contribution < -0.4 is 0 Å². The maximum Gasteiger partial charge on any atom is 0.190 e. The molecule has 0 N–H and O–H groups in total. The van der Waals surface area contributed by atoms with E-state index in [0.717, 1.165) is 22.5 Å². The van der Waals surface area contributed by atoms with E-state index in [9.17, 15) is 0 Å². The molecule has 0 fully saturated rings. The van der Waals surface area contributed by atoms with E-state index < -0.39 is 0 Å². The average Bonchev–Trinajstić information content (AvgIpc) is 2.41. The van der Waals surface area contributed by atoms with Crippen molar-refractivity contribution in [2.45, 2.75) is 13.8 Å². The molecule has 0 heterocycles. The summed E-state index contributed by atoms with van der Waals surface area (Å²) in [5, 5.41) is 0. The number of hydrogen-bond donors (Lipinski definition) is 0. The number of benzene rings is 2. The van der Waals surface area contributed by atoms with Gasteiger partial charge in [-0.1, -0.05) is 48.5 Å². The lowest BCUT2D eigenvalue weighted by atomic mass is 10.2. The Morgan fingerprint density at radius 1 is 0.650 bits per heavy atom. The molecule has 0 saturated carbocycles. The highest BCUT2D eigenvalue weighted by Gasteiger charge is 1.91. The Kier molecular flexibility index (Phi) is 11.1. The summed E-state index contributed by atoms with van der Waals surface area (Å²) in [6.07, 6.45) is 0. The van der Waals surface area contributed by atoms with Crippen molar-refractivity contribution in [3.63, 3.8) is 0 Å². The second kappa shape index (κ2) is 10.9. The van der Waals surface area contributed by atoms with Crippen LogP contribution in [-0.2, 0) is 0 Å². The monoisotopic (exact) mass is 306 g/mol. The first-order valence-corrected chi connectivity index (χ1v) is 5.55. The highest BCUT2D eigenvalue weighted by molar-refractivity contribution is 5.85. The van der Waals surface area contributed by atoms with Gasteiger partial charge in [0.25, 0.3) is 0 Å². The van der Waals surface area contributed by atoms with Gasteiger partial charge in [0.15, 0.2) is 11.4 Å². The summed E-state index contributed by atoms with van der Waals surface area (Å²) in [4.78, 5) is 6.64. The van der Waals surface area contributed by atoms with Gasteiger partial charge in [-0.2, -0.15) is 0 Å². The van der Waals surface area contributed by atoms with Gasteiger partial charge in [-0.25, -0.2) is 9.69 Å². The predicted octanol–water partition coefficient (Wildman–Crippen LogP) is 5.94. The van der Waals surface area contributed by atoms with E-state index in [-0.39, 0.29) is 24.8 Å². The predicted molar refractivity (Wildman–Crippen MR) is 89.4 cm³/mol. The molecule has 2 aromatic carbocycles. The first-order chi connectivity index (χ1) is 8.69. The van der Waals surface area contributed by atoms with Gasteiger partial charge in [0.2, 0.25) is 0 Å². The first kappa shape index (κ1) is 20.3. The zero-order valence-electron chi connectivity index (χ0n) is 11.3. The fourth-order valence-corrected chi connectivity index (χ4v) is 1.38. The lowest BCUT2D eigenvalue weighted by Gasteiger charge is -1.91. The third-order valence-corrected chi connectivity index (χ3v) is 2.47. The normalized spacial score (nSPS) is 7.60. The van der Waals surface area contributed by atoms with Gasteiger partial charge in [-0.3, -0.25) is 0 Å². The number of halogens is 2. The van der Waals surface area contributed by atoms with E-state index in [1.54, 1.807) is 0 Å². The van der Waals surface area contributed by atoms with E-state index in [0.29, 0.717) is 0 Å². The largest absolute Gasteiger partial charge is 0.238 e. The summed E-state index contributed by atoms with van der Waals surface area (Å²) in [5.74, 6) is 0. The van der Waals surface area contributed by atoms with Gasteiger partial charge < -0.3 is 0 Å². The molecular formula is C16H16Cl2N2. The Morgan fingerprint density at radius 2 is 0.950 bits per heavy atom. The lowest BCUT2D eigenvalue weighted by molar-refractivity contribution is 1.49. The van der Waals surface area contributed by atoms with Crippen molar-refractivity contribution < 1.29 is 0 Å². The topological polar surface area (TPSA) is 8.72 Å². The molecule has 0 radical (unpaired) electrons. The molecule has 0 amide bonds. The van der Waals surface area contributed by atoms with Crippen molar-refractivity contribution in [1.82, 2.24) is 0 Å². The van der Waals surface area contributed by atoms with Crippen LogP contribution in [0.1, 0.15) is 11.1 Å². The molecular weight excluding hydrogens is 291 g/mol. The van der Waals surface area contributed by atoms with E-state index in [1.165, 1.54) is 0 Å². The molecule has 0 bridgehead atoms. The van der Waals surface area contributed by atoms with Crippen molar-refractivity contribution in [3.8, 4) is 0 Å². The number of aryl methyl sites for hydroxylation is 2. The zero-order chi connectivity index (χ0) is 13.4. The Hall–Kier alpha value is -2.00. The van der Waals surface area contributed by atoms with Crippen molar-refractivity contribution in [2.75, 3.05) is 0 Å². The summed E-state index contributed by atoms with van der Waals surface area (Å²) in [6.45, 7) is 17.3.